The number of hydrogen-bond acceptors (Lipinski definition) is 5. The third kappa shape index (κ3) is 5.57. The van der Waals surface area contributed by atoms with E-state index in [1.807, 2.05) is 17.1 Å². The van der Waals surface area contributed by atoms with Gasteiger partial charge in [-0.1, -0.05) is 10.9 Å². The molecular weight excluding hydrogens is 214 g/mol. The van der Waals surface area contributed by atoms with Crippen molar-refractivity contribution in [1.82, 2.24) is 14.9 Å². The average Bonchev–Trinajstić information content (AvgIpc) is 2.69. The molecule has 1 aromatic heterocycles. The zero-order chi connectivity index (χ0) is 10.1. The van der Waals surface area contributed by atoms with E-state index in [4.69, 9.17) is 0 Å². The highest BCUT2D eigenvalue weighted by atomic mass is 32.2. The van der Waals surface area contributed by atoms with Crippen LogP contribution in [0.3, 0.4) is 0 Å². The van der Waals surface area contributed by atoms with Crippen molar-refractivity contribution in [1.29, 1.82) is 0 Å². The summed E-state index contributed by atoms with van der Waals surface area (Å²) in [5.41, 5.74) is 1.05. The lowest BCUT2D eigenvalue weighted by molar-refractivity contribution is 0.612. The van der Waals surface area contributed by atoms with Crippen LogP contribution in [-0.4, -0.2) is 28.1 Å². The van der Waals surface area contributed by atoms with Gasteiger partial charge >= 0.3 is 0 Å². The van der Waals surface area contributed by atoms with Gasteiger partial charge < -0.3 is 5.32 Å². The Morgan fingerprint density at radius 1 is 1.43 bits per heavy atom. The highest BCUT2D eigenvalue weighted by Gasteiger charge is 1.94. The minimum atomic E-state index is 0.860. The number of nitrogens with zero attached hydrogens (tertiary/aromatic N) is 2. The number of rotatable bonds is 8. The Hall–Kier alpha value is -0.130. The monoisotopic (exact) mass is 231 g/mol. The average molecular weight is 231 g/mol. The van der Waals surface area contributed by atoms with E-state index in [2.05, 4.69) is 21.2 Å². The van der Waals surface area contributed by atoms with E-state index in [9.17, 15) is 0 Å². The molecule has 3 nitrogen and oxygen atoms in total. The number of aromatic nitrogens is 2. The molecule has 0 unspecified atom stereocenters. The van der Waals surface area contributed by atoms with E-state index >= 15 is 0 Å². The maximum Gasteiger partial charge on any atom is 0.0893 e. The molecule has 0 fully saturated rings. The van der Waals surface area contributed by atoms with Crippen LogP contribution in [0, 0.1) is 0 Å². The fraction of sp³-hybridized carbons (Fsp3) is 0.778. The Kier molecular flexibility index (Phi) is 7.00. The third-order valence-electron chi connectivity index (χ3n) is 1.91. The summed E-state index contributed by atoms with van der Waals surface area (Å²) in [6.07, 6.45) is 6.08. The molecule has 0 atom stereocenters. The standard InChI is InChI=1S/C9H17N3S2/c1-13-6-4-2-3-5-10-7-9-8-14-12-11-9/h8,10H,2-7H2,1H3. The summed E-state index contributed by atoms with van der Waals surface area (Å²) in [5.74, 6) is 1.29. The van der Waals surface area contributed by atoms with E-state index in [1.165, 1.54) is 36.5 Å². The van der Waals surface area contributed by atoms with Gasteiger partial charge in [-0.2, -0.15) is 11.8 Å². The topological polar surface area (TPSA) is 37.8 Å². The Morgan fingerprint density at radius 3 is 3.07 bits per heavy atom. The maximum absolute atomic E-state index is 3.97. The summed E-state index contributed by atoms with van der Waals surface area (Å²) in [6, 6.07) is 0. The SMILES string of the molecule is CSCCCCCNCc1csnn1. The Morgan fingerprint density at radius 2 is 2.36 bits per heavy atom. The number of nitrogens with one attached hydrogen (secondary N) is 1. The lowest BCUT2D eigenvalue weighted by Gasteiger charge is -2.01. The van der Waals surface area contributed by atoms with Gasteiger partial charge in [0.05, 0.1) is 5.69 Å². The van der Waals surface area contributed by atoms with Crippen LogP contribution >= 0.6 is 23.3 Å². The first kappa shape index (κ1) is 11.9. The Labute approximate surface area is 93.8 Å². The van der Waals surface area contributed by atoms with Crippen molar-refractivity contribution in [2.24, 2.45) is 0 Å². The molecule has 0 aliphatic heterocycles. The van der Waals surface area contributed by atoms with Crippen LogP contribution in [0.4, 0.5) is 0 Å². The second kappa shape index (κ2) is 8.20. The predicted octanol–water partition coefficient (Wildman–Crippen LogP) is 2.16. The number of unbranched alkanes of at least 4 members (excludes halogenated alkanes) is 2. The van der Waals surface area contributed by atoms with E-state index < -0.39 is 0 Å². The quantitative estimate of drug-likeness (QED) is 0.696. The molecule has 1 heterocycles. The van der Waals surface area contributed by atoms with Crippen molar-refractivity contribution in [2.75, 3.05) is 18.6 Å². The van der Waals surface area contributed by atoms with Crippen molar-refractivity contribution >= 4 is 23.3 Å². The van der Waals surface area contributed by atoms with Crippen molar-refractivity contribution in [3.8, 4) is 0 Å². The number of hydrogen-bond donors (Lipinski definition) is 1. The van der Waals surface area contributed by atoms with Crippen LogP contribution in [-0.2, 0) is 6.54 Å². The first-order valence-electron chi connectivity index (χ1n) is 4.89. The van der Waals surface area contributed by atoms with Crippen LogP contribution in [0.25, 0.3) is 0 Å². The van der Waals surface area contributed by atoms with Gasteiger partial charge in [-0.3, -0.25) is 0 Å². The lowest BCUT2D eigenvalue weighted by atomic mass is 10.2. The summed E-state index contributed by atoms with van der Waals surface area (Å²) >= 11 is 3.34. The molecule has 0 spiro atoms. The van der Waals surface area contributed by atoms with Gasteiger partial charge in [0.15, 0.2) is 0 Å². The zero-order valence-electron chi connectivity index (χ0n) is 8.53. The van der Waals surface area contributed by atoms with Crippen LogP contribution in [0.5, 0.6) is 0 Å². The number of thioether (sulfide) groups is 1. The largest absolute Gasteiger partial charge is 0.311 e. The zero-order valence-corrected chi connectivity index (χ0v) is 10.2. The molecule has 5 heteroatoms. The van der Waals surface area contributed by atoms with Gasteiger partial charge in [0, 0.05) is 11.9 Å². The van der Waals surface area contributed by atoms with Crippen molar-refractivity contribution in [3.05, 3.63) is 11.1 Å². The summed E-state index contributed by atoms with van der Waals surface area (Å²) < 4.78 is 3.81. The molecule has 1 rings (SSSR count). The van der Waals surface area contributed by atoms with Gasteiger partial charge in [-0.05, 0) is 42.9 Å². The predicted molar refractivity (Wildman–Crippen MR) is 63.8 cm³/mol. The van der Waals surface area contributed by atoms with Gasteiger partial charge in [0.25, 0.3) is 0 Å². The molecule has 0 bridgehead atoms. The molecule has 0 saturated heterocycles. The minimum absolute atomic E-state index is 0.860. The minimum Gasteiger partial charge on any atom is -0.311 e. The third-order valence-corrected chi connectivity index (χ3v) is 3.16. The first-order valence-corrected chi connectivity index (χ1v) is 7.12. The summed E-state index contributed by atoms with van der Waals surface area (Å²) in [7, 11) is 0. The van der Waals surface area contributed by atoms with Gasteiger partial charge in [-0.25, -0.2) is 0 Å². The molecule has 0 aliphatic rings. The fourth-order valence-corrected chi connectivity index (χ4v) is 2.09. The maximum atomic E-state index is 3.97. The van der Waals surface area contributed by atoms with E-state index in [0.29, 0.717) is 0 Å². The lowest BCUT2D eigenvalue weighted by Crippen LogP contribution is -2.14. The highest BCUT2D eigenvalue weighted by molar-refractivity contribution is 7.98. The summed E-state index contributed by atoms with van der Waals surface area (Å²) in [6.45, 7) is 1.95. The smallest absolute Gasteiger partial charge is 0.0893 e. The van der Waals surface area contributed by atoms with Gasteiger partial charge in [-0.15, -0.1) is 5.10 Å². The molecule has 0 amide bonds. The molecule has 0 radical (unpaired) electrons. The molecule has 1 aromatic rings. The second-order valence-electron chi connectivity index (χ2n) is 3.13. The normalized spacial score (nSPS) is 10.6. The second-order valence-corrected chi connectivity index (χ2v) is 4.72. The van der Waals surface area contributed by atoms with Crippen LogP contribution in [0.15, 0.2) is 5.38 Å². The van der Waals surface area contributed by atoms with Gasteiger partial charge in [0.1, 0.15) is 0 Å². The Bertz CT molecular complexity index is 214. The van der Waals surface area contributed by atoms with E-state index in [-0.39, 0.29) is 0 Å². The Balaban J connectivity index is 1.85. The highest BCUT2D eigenvalue weighted by Crippen LogP contribution is 2.01. The van der Waals surface area contributed by atoms with E-state index in [0.717, 1.165) is 18.8 Å². The van der Waals surface area contributed by atoms with Crippen LogP contribution in [0.2, 0.25) is 0 Å². The first-order chi connectivity index (χ1) is 6.93. The molecule has 14 heavy (non-hydrogen) atoms. The molecule has 80 valence electrons. The van der Waals surface area contributed by atoms with Crippen molar-refractivity contribution in [3.63, 3.8) is 0 Å². The van der Waals surface area contributed by atoms with Crippen LogP contribution in [0.1, 0.15) is 25.0 Å². The molecular formula is C9H17N3S2. The van der Waals surface area contributed by atoms with E-state index in [1.54, 1.807) is 0 Å². The molecule has 0 aliphatic carbocycles. The molecule has 1 N–H and O–H groups in total. The van der Waals surface area contributed by atoms with Gasteiger partial charge in [0.2, 0.25) is 0 Å². The van der Waals surface area contributed by atoms with Crippen molar-refractivity contribution in [2.45, 2.75) is 25.8 Å². The van der Waals surface area contributed by atoms with Crippen molar-refractivity contribution < 1.29 is 0 Å². The summed E-state index contributed by atoms with van der Waals surface area (Å²) in [4.78, 5) is 0. The fourth-order valence-electron chi connectivity index (χ4n) is 1.15. The molecule has 0 saturated carbocycles. The molecule has 0 aromatic carbocycles. The van der Waals surface area contributed by atoms with Crippen LogP contribution < -0.4 is 5.32 Å². The summed E-state index contributed by atoms with van der Waals surface area (Å²) in [5, 5.41) is 9.32.